The lowest BCUT2D eigenvalue weighted by Crippen LogP contribution is -2.27. The fraction of sp³-hybridized carbons (Fsp3) is 0.167. The van der Waals surface area contributed by atoms with Crippen molar-refractivity contribution in [2.45, 2.75) is 11.6 Å². The van der Waals surface area contributed by atoms with Crippen molar-refractivity contribution in [1.29, 1.82) is 0 Å². The zero-order valence-corrected chi connectivity index (χ0v) is 14.6. The smallest absolute Gasteiger partial charge is 0.230 e. The Kier molecular flexibility index (Phi) is 6.21. The third-order valence-electron chi connectivity index (χ3n) is 3.41. The number of benzene rings is 1. The van der Waals surface area contributed by atoms with Gasteiger partial charge in [-0.1, -0.05) is 23.9 Å². The number of carbonyl (C=O) groups is 1. The van der Waals surface area contributed by atoms with Gasteiger partial charge in [-0.25, -0.2) is 9.37 Å². The Morgan fingerprint density at radius 2 is 2.12 bits per heavy atom. The van der Waals surface area contributed by atoms with Gasteiger partial charge in [0.25, 0.3) is 0 Å². The molecule has 0 spiro atoms. The van der Waals surface area contributed by atoms with Gasteiger partial charge in [-0.2, -0.15) is 0 Å². The van der Waals surface area contributed by atoms with E-state index in [2.05, 4.69) is 20.5 Å². The number of nitrogens with one attached hydrogen (secondary N) is 2. The third-order valence-corrected chi connectivity index (χ3v) is 4.26. The van der Waals surface area contributed by atoms with Crippen molar-refractivity contribution in [2.24, 2.45) is 0 Å². The predicted molar refractivity (Wildman–Crippen MR) is 97.9 cm³/mol. The number of H-pyrrole nitrogens is 1. The Balaban J connectivity index is 1.38. The van der Waals surface area contributed by atoms with Gasteiger partial charge >= 0.3 is 0 Å². The number of thioether (sulfide) groups is 1. The Morgan fingerprint density at radius 3 is 2.88 bits per heavy atom. The number of aromatic nitrogens is 3. The minimum atomic E-state index is -0.265. The van der Waals surface area contributed by atoms with Crippen molar-refractivity contribution < 1.29 is 13.6 Å². The van der Waals surface area contributed by atoms with E-state index in [4.69, 9.17) is 4.42 Å². The van der Waals surface area contributed by atoms with Crippen molar-refractivity contribution in [3.8, 4) is 0 Å². The normalized spacial score (nSPS) is 11.1. The molecule has 3 rings (SSSR count). The van der Waals surface area contributed by atoms with E-state index in [1.807, 2.05) is 6.07 Å². The molecule has 0 fully saturated rings. The van der Waals surface area contributed by atoms with Crippen LogP contribution in [-0.4, -0.2) is 33.4 Å². The quantitative estimate of drug-likeness (QED) is 0.594. The van der Waals surface area contributed by atoms with Crippen LogP contribution in [0.15, 0.2) is 52.2 Å². The van der Waals surface area contributed by atoms with E-state index in [0.29, 0.717) is 23.9 Å². The number of hydrogen-bond donors (Lipinski definition) is 2. The van der Waals surface area contributed by atoms with Crippen LogP contribution >= 0.6 is 11.8 Å². The number of furan rings is 1. The maximum atomic E-state index is 12.8. The van der Waals surface area contributed by atoms with Crippen LogP contribution < -0.4 is 5.32 Å². The number of carbonyl (C=O) groups excluding carboxylic acids is 1. The lowest BCUT2D eigenvalue weighted by molar-refractivity contribution is -0.118. The summed E-state index contributed by atoms with van der Waals surface area (Å²) in [6, 6.07) is 9.88. The van der Waals surface area contributed by atoms with E-state index < -0.39 is 0 Å². The first-order valence-corrected chi connectivity index (χ1v) is 8.95. The number of amides is 1. The monoisotopic (exact) mass is 372 g/mol. The van der Waals surface area contributed by atoms with Gasteiger partial charge in [-0.3, -0.25) is 9.89 Å². The van der Waals surface area contributed by atoms with E-state index in [1.165, 1.54) is 23.9 Å². The molecule has 2 aromatic heterocycles. The van der Waals surface area contributed by atoms with Crippen LogP contribution in [0.4, 0.5) is 4.39 Å². The van der Waals surface area contributed by atoms with Crippen LogP contribution in [0.5, 0.6) is 0 Å². The van der Waals surface area contributed by atoms with E-state index in [9.17, 15) is 9.18 Å². The zero-order chi connectivity index (χ0) is 18.2. The van der Waals surface area contributed by atoms with E-state index in [-0.39, 0.29) is 17.5 Å². The minimum absolute atomic E-state index is 0.102. The molecule has 26 heavy (non-hydrogen) atoms. The Bertz CT molecular complexity index is 860. The van der Waals surface area contributed by atoms with Gasteiger partial charge in [0.05, 0.1) is 12.0 Å². The first-order valence-electron chi connectivity index (χ1n) is 7.97. The van der Waals surface area contributed by atoms with Gasteiger partial charge < -0.3 is 9.73 Å². The van der Waals surface area contributed by atoms with Crippen LogP contribution in [-0.2, 0) is 11.2 Å². The molecule has 1 aromatic carbocycles. The van der Waals surface area contributed by atoms with Crippen LogP contribution in [0.1, 0.15) is 17.1 Å². The van der Waals surface area contributed by atoms with E-state index in [0.717, 1.165) is 11.3 Å². The number of nitrogens with zero attached hydrogens (tertiary/aromatic N) is 2. The molecule has 0 atom stereocenters. The molecular formula is C18H17FN4O2S. The molecule has 0 radical (unpaired) electrons. The molecule has 1 amide bonds. The number of halogens is 1. The minimum Gasteiger partial charge on any atom is -0.465 e. The average molecular weight is 372 g/mol. The highest BCUT2D eigenvalue weighted by molar-refractivity contribution is 7.99. The maximum absolute atomic E-state index is 12.8. The Labute approximate surface area is 153 Å². The van der Waals surface area contributed by atoms with Gasteiger partial charge in [-0.05, 0) is 48.4 Å². The standard InChI is InChI=1S/C18H17FN4O2S/c19-14-5-3-13(4-6-14)9-10-20-17(24)12-26-18-21-16(22-23-18)8-7-15-2-1-11-25-15/h1-8,11H,9-10,12H2,(H,20,24)(H,21,22,23)/b8-7+. The predicted octanol–water partition coefficient (Wildman–Crippen LogP) is 3.16. The molecule has 0 saturated heterocycles. The van der Waals surface area contributed by atoms with Crippen molar-refractivity contribution in [3.05, 3.63) is 65.6 Å². The molecular weight excluding hydrogens is 355 g/mol. The van der Waals surface area contributed by atoms with Crippen molar-refractivity contribution in [2.75, 3.05) is 12.3 Å². The molecule has 3 aromatic rings. The number of aromatic amines is 1. The Morgan fingerprint density at radius 1 is 1.27 bits per heavy atom. The first-order chi connectivity index (χ1) is 12.7. The highest BCUT2D eigenvalue weighted by Gasteiger charge is 2.06. The lowest BCUT2D eigenvalue weighted by atomic mass is 10.1. The third kappa shape index (κ3) is 5.59. The van der Waals surface area contributed by atoms with E-state index in [1.54, 1.807) is 36.6 Å². The Hall–Kier alpha value is -2.87. The summed E-state index contributed by atoms with van der Waals surface area (Å²) in [5, 5.41) is 10.2. The molecule has 6 nitrogen and oxygen atoms in total. The summed E-state index contributed by atoms with van der Waals surface area (Å²) in [6.07, 6.45) is 5.77. The summed E-state index contributed by atoms with van der Waals surface area (Å²) in [6.45, 7) is 0.496. The fourth-order valence-electron chi connectivity index (χ4n) is 2.12. The summed E-state index contributed by atoms with van der Waals surface area (Å²) in [5.74, 6) is 1.16. The van der Waals surface area contributed by atoms with Crippen molar-refractivity contribution in [3.63, 3.8) is 0 Å². The summed E-state index contributed by atoms with van der Waals surface area (Å²) < 4.78 is 18.0. The second-order valence-electron chi connectivity index (χ2n) is 5.37. The molecule has 2 N–H and O–H groups in total. The van der Waals surface area contributed by atoms with Crippen molar-refractivity contribution in [1.82, 2.24) is 20.5 Å². The number of hydrogen-bond acceptors (Lipinski definition) is 5. The van der Waals surface area contributed by atoms with Crippen LogP contribution in [0.2, 0.25) is 0 Å². The van der Waals surface area contributed by atoms with Crippen LogP contribution in [0, 0.1) is 5.82 Å². The van der Waals surface area contributed by atoms with Gasteiger partial charge in [0.1, 0.15) is 17.4 Å². The highest BCUT2D eigenvalue weighted by atomic mass is 32.2. The molecule has 8 heteroatoms. The summed E-state index contributed by atoms with van der Waals surface area (Å²) in [4.78, 5) is 16.1. The molecule has 0 aliphatic carbocycles. The zero-order valence-electron chi connectivity index (χ0n) is 13.8. The molecule has 0 saturated carbocycles. The van der Waals surface area contributed by atoms with Crippen molar-refractivity contribution >= 4 is 29.8 Å². The van der Waals surface area contributed by atoms with Crippen LogP contribution in [0.3, 0.4) is 0 Å². The fourth-order valence-corrected chi connectivity index (χ4v) is 2.76. The maximum Gasteiger partial charge on any atom is 0.230 e. The lowest BCUT2D eigenvalue weighted by Gasteiger charge is -2.04. The molecule has 2 heterocycles. The highest BCUT2D eigenvalue weighted by Crippen LogP contribution is 2.13. The topological polar surface area (TPSA) is 83.8 Å². The molecule has 0 bridgehead atoms. The van der Waals surface area contributed by atoms with Gasteiger partial charge in [-0.15, -0.1) is 5.10 Å². The number of rotatable bonds is 8. The molecule has 0 aliphatic rings. The van der Waals surface area contributed by atoms with Gasteiger partial charge in [0.15, 0.2) is 0 Å². The average Bonchev–Trinajstić information content (AvgIpc) is 3.31. The van der Waals surface area contributed by atoms with Gasteiger partial charge in [0, 0.05) is 6.54 Å². The summed E-state index contributed by atoms with van der Waals surface area (Å²) in [5.41, 5.74) is 0.973. The molecule has 0 aliphatic heterocycles. The molecule has 0 unspecified atom stereocenters. The second-order valence-corrected chi connectivity index (χ2v) is 6.31. The van der Waals surface area contributed by atoms with E-state index >= 15 is 0 Å². The molecule has 134 valence electrons. The SMILES string of the molecule is O=C(CSc1n[nH]c(/C=C/c2ccco2)n1)NCCc1ccc(F)cc1. The van der Waals surface area contributed by atoms with Crippen LogP contribution in [0.25, 0.3) is 12.2 Å². The van der Waals surface area contributed by atoms with Gasteiger partial charge in [0.2, 0.25) is 11.1 Å². The summed E-state index contributed by atoms with van der Waals surface area (Å²) >= 11 is 1.25. The second kappa shape index (κ2) is 9.00. The summed E-state index contributed by atoms with van der Waals surface area (Å²) in [7, 11) is 0. The first kappa shape index (κ1) is 17.9. The largest absolute Gasteiger partial charge is 0.465 e.